The highest BCUT2D eigenvalue weighted by Gasteiger charge is 2.33. The highest BCUT2D eigenvalue weighted by atomic mass is 19.1. The SMILES string of the molecule is O=C(CCc1cnc[nH]1)N1CCN(c2ccc(N3CC(COc4ccon4)OC3=O)cc2F)CC1. The second-order valence-electron chi connectivity index (χ2n) is 8.35. The number of amides is 2. The molecule has 0 spiro atoms. The maximum Gasteiger partial charge on any atom is 0.414 e. The number of aryl methyl sites for hydroxylation is 1. The van der Waals surface area contributed by atoms with E-state index in [1.54, 1.807) is 35.6 Å². The summed E-state index contributed by atoms with van der Waals surface area (Å²) in [6, 6.07) is 6.24. The van der Waals surface area contributed by atoms with Gasteiger partial charge in [-0.25, -0.2) is 14.2 Å². The van der Waals surface area contributed by atoms with Crippen LogP contribution in [0.5, 0.6) is 5.88 Å². The minimum Gasteiger partial charge on any atom is -0.471 e. The van der Waals surface area contributed by atoms with Gasteiger partial charge in [0.05, 0.1) is 24.2 Å². The monoisotopic (exact) mass is 484 g/mol. The van der Waals surface area contributed by atoms with Crippen molar-refractivity contribution in [1.82, 2.24) is 20.0 Å². The minimum atomic E-state index is -0.562. The zero-order valence-corrected chi connectivity index (χ0v) is 18.9. The molecule has 0 radical (unpaired) electrons. The predicted molar refractivity (Wildman–Crippen MR) is 122 cm³/mol. The number of aromatic nitrogens is 3. The van der Waals surface area contributed by atoms with Crippen LogP contribution in [0.4, 0.5) is 20.6 Å². The fourth-order valence-electron chi connectivity index (χ4n) is 4.21. The molecular weight excluding hydrogens is 459 g/mol. The lowest BCUT2D eigenvalue weighted by molar-refractivity contribution is -0.131. The van der Waals surface area contributed by atoms with Crippen LogP contribution in [0.15, 0.2) is 47.6 Å². The molecule has 0 bridgehead atoms. The van der Waals surface area contributed by atoms with Crippen molar-refractivity contribution in [2.75, 3.05) is 49.1 Å². The number of cyclic esters (lactones) is 1. The van der Waals surface area contributed by atoms with Crippen LogP contribution in [-0.4, -0.2) is 77.5 Å². The van der Waals surface area contributed by atoms with Crippen molar-refractivity contribution < 1.29 is 28.0 Å². The topological polar surface area (TPSA) is 117 Å². The number of rotatable bonds is 8. The van der Waals surface area contributed by atoms with Gasteiger partial charge < -0.3 is 28.8 Å². The summed E-state index contributed by atoms with van der Waals surface area (Å²) in [5, 5.41) is 3.64. The third kappa shape index (κ3) is 5.20. The Morgan fingerprint density at radius 2 is 2.09 bits per heavy atom. The van der Waals surface area contributed by atoms with Crippen molar-refractivity contribution in [3.63, 3.8) is 0 Å². The molecule has 1 unspecified atom stereocenters. The molecule has 2 aliphatic heterocycles. The zero-order chi connectivity index (χ0) is 24.2. The van der Waals surface area contributed by atoms with Crippen LogP contribution in [0.25, 0.3) is 0 Å². The minimum absolute atomic E-state index is 0.0738. The average molecular weight is 484 g/mol. The lowest BCUT2D eigenvalue weighted by Gasteiger charge is -2.36. The molecule has 1 N–H and O–H groups in total. The van der Waals surface area contributed by atoms with Crippen LogP contribution in [0, 0.1) is 5.82 Å². The Bertz CT molecular complexity index is 1150. The molecule has 11 nitrogen and oxygen atoms in total. The Morgan fingerprint density at radius 3 is 2.80 bits per heavy atom. The molecular formula is C23H25FN6O5. The molecule has 0 aliphatic carbocycles. The maximum atomic E-state index is 15.0. The van der Waals surface area contributed by atoms with E-state index in [4.69, 9.17) is 14.0 Å². The smallest absolute Gasteiger partial charge is 0.414 e. The first-order chi connectivity index (χ1) is 17.1. The van der Waals surface area contributed by atoms with E-state index in [2.05, 4.69) is 15.1 Å². The lowest BCUT2D eigenvalue weighted by atomic mass is 10.2. The second kappa shape index (κ2) is 10.0. The quantitative estimate of drug-likeness (QED) is 0.517. The summed E-state index contributed by atoms with van der Waals surface area (Å²) >= 11 is 0. The molecule has 1 atom stereocenters. The van der Waals surface area contributed by atoms with Gasteiger partial charge in [-0.15, -0.1) is 0 Å². The summed E-state index contributed by atoms with van der Waals surface area (Å²) in [6.07, 6.45) is 4.63. The van der Waals surface area contributed by atoms with E-state index in [0.717, 1.165) is 5.69 Å². The Balaban J connectivity index is 1.14. The molecule has 2 fully saturated rings. The first-order valence-corrected chi connectivity index (χ1v) is 11.4. The number of aromatic amines is 1. The summed E-state index contributed by atoms with van der Waals surface area (Å²) in [4.78, 5) is 36.9. The number of hydrogen-bond donors (Lipinski definition) is 1. The number of carbonyl (C=O) groups excluding carboxylic acids is 2. The largest absolute Gasteiger partial charge is 0.471 e. The van der Waals surface area contributed by atoms with Crippen LogP contribution >= 0.6 is 0 Å². The van der Waals surface area contributed by atoms with E-state index < -0.39 is 18.0 Å². The van der Waals surface area contributed by atoms with Gasteiger partial charge in [0.2, 0.25) is 5.91 Å². The van der Waals surface area contributed by atoms with Gasteiger partial charge in [-0.2, -0.15) is 0 Å². The molecule has 12 heteroatoms. The fourth-order valence-corrected chi connectivity index (χ4v) is 4.21. The second-order valence-corrected chi connectivity index (χ2v) is 8.35. The van der Waals surface area contributed by atoms with Crippen LogP contribution in [0.1, 0.15) is 12.1 Å². The third-order valence-electron chi connectivity index (χ3n) is 6.08. The van der Waals surface area contributed by atoms with Crippen LogP contribution < -0.4 is 14.5 Å². The first-order valence-electron chi connectivity index (χ1n) is 11.4. The molecule has 2 amide bonds. The summed E-state index contributed by atoms with van der Waals surface area (Å²) in [5.74, 6) is -0.0594. The molecule has 0 saturated carbocycles. The van der Waals surface area contributed by atoms with E-state index in [1.165, 1.54) is 17.2 Å². The first kappa shape index (κ1) is 22.7. The summed E-state index contributed by atoms with van der Waals surface area (Å²) < 4.78 is 30.5. The van der Waals surface area contributed by atoms with Gasteiger partial charge in [0, 0.05) is 50.6 Å². The number of piperazine rings is 1. The summed E-state index contributed by atoms with van der Waals surface area (Å²) in [6.45, 7) is 2.44. The molecule has 2 aromatic heterocycles. The predicted octanol–water partition coefficient (Wildman–Crippen LogP) is 2.22. The highest BCUT2D eigenvalue weighted by Crippen LogP contribution is 2.29. The van der Waals surface area contributed by atoms with Crippen LogP contribution in [0.2, 0.25) is 0 Å². The number of carbonyl (C=O) groups is 2. The van der Waals surface area contributed by atoms with Crippen molar-refractivity contribution in [2.24, 2.45) is 0 Å². The number of nitrogens with one attached hydrogen (secondary N) is 1. The molecule has 1 aromatic carbocycles. The van der Waals surface area contributed by atoms with Crippen molar-refractivity contribution in [3.05, 3.63) is 54.6 Å². The molecule has 3 aromatic rings. The molecule has 2 saturated heterocycles. The number of ether oxygens (including phenoxy) is 2. The molecule has 2 aliphatic rings. The number of hydrogen-bond acceptors (Lipinski definition) is 8. The Morgan fingerprint density at radius 1 is 1.23 bits per heavy atom. The van der Waals surface area contributed by atoms with Crippen LogP contribution in [0.3, 0.4) is 0 Å². The molecule has 35 heavy (non-hydrogen) atoms. The van der Waals surface area contributed by atoms with E-state index in [1.807, 2.05) is 4.90 Å². The number of halogens is 1. The molecule has 4 heterocycles. The van der Waals surface area contributed by atoms with Crippen molar-refractivity contribution in [2.45, 2.75) is 18.9 Å². The summed E-state index contributed by atoms with van der Waals surface area (Å²) in [7, 11) is 0. The fraction of sp³-hybridized carbons (Fsp3) is 0.391. The maximum absolute atomic E-state index is 15.0. The number of benzene rings is 1. The normalized spacial score (nSPS) is 18.1. The van der Waals surface area contributed by atoms with Crippen LogP contribution in [-0.2, 0) is 16.0 Å². The average Bonchev–Trinajstić information content (AvgIpc) is 3.64. The van der Waals surface area contributed by atoms with Gasteiger partial charge in [0.15, 0.2) is 6.10 Å². The Labute approximate surface area is 200 Å². The lowest BCUT2D eigenvalue weighted by Crippen LogP contribution is -2.49. The van der Waals surface area contributed by atoms with Crippen molar-refractivity contribution in [1.29, 1.82) is 0 Å². The van der Waals surface area contributed by atoms with E-state index in [9.17, 15) is 9.59 Å². The zero-order valence-electron chi connectivity index (χ0n) is 18.9. The Hall–Kier alpha value is -4.09. The number of imidazole rings is 1. The van der Waals surface area contributed by atoms with Gasteiger partial charge in [-0.1, -0.05) is 0 Å². The van der Waals surface area contributed by atoms with Crippen molar-refractivity contribution >= 4 is 23.4 Å². The Kier molecular flexibility index (Phi) is 6.51. The summed E-state index contributed by atoms with van der Waals surface area (Å²) in [5.41, 5.74) is 1.78. The van der Waals surface area contributed by atoms with E-state index >= 15 is 4.39 Å². The van der Waals surface area contributed by atoms with Gasteiger partial charge in [-0.05, 0) is 29.8 Å². The molecule has 5 rings (SSSR count). The van der Waals surface area contributed by atoms with E-state index in [0.29, 0.717) is 56.3 Å². The number of anilines is 2. The molecule has 184 valence electrons. The van der Waals surface area contributed by atoms with Crippen molar-refractivity contribution in [3.8, 4) is 5.88 Å². The van der Waals surface area contributed by atoms with Gasteiger partial charge in [0.1, 0.15) is 18.7 Å². The standard InChI is InChI=1S/C23H25FN6O5/c24-19-11-17(30-13-18(35-23(30)32)14-33-21-5-10-34-27-21)2-3-20(19)28-6-8-29(9-7-28)22(31)4-1-16-12-25-15-26-16/h2-3,5,10-12,15,18H,1,4,6-9,13-14H2,(H,25,26). The van der Waals surface area contributed by atoms with Gasteiger partial charge >= 0.3 is 6.09 Å². The number of H-pyrrole nitrogens is 1. The highest BCUT2D eigenvalue weighted by molar-refractivity contribution is 5.90. The van der Waals surface area contributed by atoms with Gasteiger partial charge in [0.25, 0.3) is 5.88 Å². The third-order valence-corrected chi connectivity index (χ3v) is 6.08. The van der Waals surface area contributed by atoms with E-state index in [-0.39, 0.29) is 19.1 Å². The number of nitrogens with zero attached hydrogens (tertiary/aromatic N) is 5. The van der Waals surface area contributed by atoms with Gasteiger partial charge in [-0.3, -0.25) is 9.69 Å².